The highest BCUT2D eigenvalue weighted by molar-refractivity contribution is 6.04. The molecule has 5 heteroatoms. The van der Waals surface area contributed by atoms with Gasteiger partial charge in [0.25, 0.3) is 11.2 Å². The minimum Gasteiger partial charge on any atom is -0.805 e. The predicted octanol–water partition coefficient (Wildman–Crippen LogP) is 4.41. The standard InChI is InChI=1S/C21H22N2O3/c1-13-11-16-17(12-14(13)2)23(26)19(20(24)21(3,4)5)18(22(16)25)15-9-7-6-8-10-15/h6-12H,1-5H3. The molecule has 0 amide bonds. The van der Waals surface area contributed by atoms with E-state index < -0.39 is 5.41 Å². The van der Waals surface area contributed by atoms with Gasteiger partial charge in [-0.15, -0.1) is 0 Å². The molecule has 0 aliphatic heterocycles. The predicted molar refractivity (Wildman–Crippen MR) is 103 cm³/mol. The van der Waals surface area contributed by atoms with Crippen LogP contribution in [0.15, 0.2) is 42.5 Å². The fourth-order valence-electron chi connectivity index (χ4n) is 2.95. The van der Waals surface area contributed by atoms with Crippen LogP contribution >= 0.6 is 0 Å². The highest BCUT2D eigenvalue weighted by atomic mass is 16.5. The molecule has 0 fully saturated rings. The van der Waals surface area contributed by atoms with Gasteiger partial charge >= 0.3 is 0 Å². The van der Waals surface area contributed by atoms with Crippen molar-refractivity contribution in [3.8, 4) is 11.3 Å². The van der Waals surface area contributed by atoms with Crippen molar-refractivity contribution in [2.75, 3.05) is 0 Å². The molecule has 1 heterocycles. The summed E-state index contributed by atoms with van der Waals surface area (Å²) in [7, 11) is 0. The SMILES string of the molecule is Cc1cc2c(cc1C)[n+](=O)c(-c1ccccc1)c(C(=O)C(C)(C)C)n2[O-]. The van der Waals surface area contributed by atoms with Crippen molar-refractivity contribution < 1.29 is 9.22 Å². The number of nitrogens with zero attached hydrogens (tertiary/aromatic N) is 2. The van der Waals surface area contributed by atoms with E-state index >= 15 is 0 Å². The fraction of sp³-hybridized carbons (Fsp3) is 0.286. The molecule has 3 rings (SSSR count). The maximum absolute atomic E-state index is 13.2. The summed E-state index contributed by atoms with van der Waals surface area (Å²) in [6, 6.07) is 12.2. The molecule has 1 aromatic heterocycles. The van der Waals surface area contributed by atoms with Gasteiger partial charge in [0.1, 0.15) is 5.52 Å². The lowest BCUT2D eigenvalue weighted by Gasteiger charge is -2.24. The number of ketones is 1. The molecular formula is C21H22N2O3. The smallest absolute Gasteiger partial charge is 0.297 e. The van der Waals surface area contributed by atoms with Crippen LogP contribution in [0.25, 0.3) is 22.3 Å². The largest absolute Gasteiger partial charge is 0.805 e. The molecule has 5 nitrogen and oxygen atoms in total. The number of carbonyl (C=O) groups excluding carboxylic acids is 1. The lowest BCUT2D eigenvalue weighted by atomic mass is 9.87. The first kappa shape index (κ1) is 17.9. The summed E-state index contributed by atoms with van der Waals surface area (Å²) in [6.45, 7) is 8.98. The molecular weight excluding hydrogens is 328 g/mol. The zero-order valence-electron chi connectivity index (χ0n) is 15.7. The van der Waals surface area contributed by atoms with Gasteiger partial charge in [0.2, 0.25) is 0 Å². The van der Waals surface area contributed by atoms with E-state index in [-0.39, 0.29) is 28.2 Å². The third-order valence-corrected chi connectivity index (χ3v) is 4.60. The third kappa shape index (κ3) is 2.79. The molecule has 0 radical (unpaired) electrons. The highest BCUT2D eigenvalue weighted by Gasteiger charge is 2.34. The van der Waals surface area contributed by atoms with E-state index in [9.17, 15) is 14.9 Å². The number of Topliss-reactive ketones (excluding diaryl/α,β-unsaturated/α-hetero) is 1. The first-order chi connectivity index (χ1) is 12.1. The van der Waals surface area contributed by atoms with E-state index in [2.05, 4.69) is 0 Å². The highest BCUT2D eigenvalue weighted by Crippen LogP contribution is 2.30. The van der Waals surface area contributed by atoms with Gasteiger partial charge in [0, 0.05) is 16.4 Å². The molecule has 0 saturated heterocycles. The summed E-state index contributed by atoms with van der Waals surface area (Å²) in [5, 5.41) is 13.2. The zero-order valence-corrected chi connectivity index (χ0v) is 15.7. The molecule has 0 aliphatic rings. The number of rotatable bonds is 2. The van der Waals surface area contributed by atoms with Crippen LogP contribution in [-0.2, 0) is 0 Å². The third-order valence-electron chi connectivity index (χ3n) is 4.60. The average molecular weight is 350 g/mol. The zero-order chi connectivity index (χ0) is 19.2. The fourth-order valence-corrected chi connectivity index (χ4v) is 2.95. The summed E-state index contributed by atoms with van der Waals surface area (Å²) in [5.74, 6) is -0.365. The van der Waals surface area contributed by atoms with E-state index in [1.807, 2.05) is 19.9 Å². The molecule has 134 valence electrons. The Bertz CT molecular complexity index is 1070. The van der Waals surface area contributed by atoms with Crippen LogP contribution in [0.4, 0.5) is 0 Å². The number of carbonyl (C=O) groups is 1. The Balaban J connectivity index is 2.55. The second-order valence-corrected chi connectivity index (χ2v) is 7.66. The number of hydrogen-bond acceptors (Lipinski definition) is 3. The molecule has 0 spiro atoms. The Kier molecular flexibility index (Phi) is 4.18. The Morgan fingerprint density at radius 1 is 1.04 bits per heavy atom. The molecule has 26 heavy (non-hydrogen) atoms. The average Bonchev–Trinajstić information content (AvgIpc) is 2.59. The second-order valence-electron chi connectivity index (χ2n) is 7.66. The molecule has 0 N–H and O–H groups in total. The first-order valence-electron chi connectivity index (χ1n) is 8.53. The van der Waals surface area contributed by atoms with Crippen LogP contribution in [0.5, 0.6) is 0 Å². The Morgan fingerprint density at radius 2 is 1.62 bits per heavy atom. The lowest BCUT2D eigenvalue weighted by molar-refractivity contribution is -0.452. The van der Waals surface area contributed by atoms with Gasteiger partial charge < -0.3 is 9.94 Å². The summed E-state index contributed by atoms with van der Waals surface area (Å²) in [5.41, 5.74) is 1.99. The molecule has 3 aromatic rings. The Labute approximate surface area is 152 Å². The van der Waals surface area contributed by atoms with Gasteiger partial charge in [-0.3, -0.25) is 4.79 Å². The van der Waals surface area contributed by atoms with E-state index in [0.717, 1.165) is 11.1 Å². The van der Waals surface area contributed by atoms with Crippen LogP contribution in [0, 0.1) is 29.4 Å². The first-order valence-corrected chi connectivity index (χ1v) is 8.53. The molecule has 0 aliphatic carbocycles. The summed E-state index contributed by atoms with van der Waals surface area (Å²) < 4.78 is 1.33. The van der Waals surface area contributed by atoms with Crippen molar-refractivity contribution in [3.63, 3.8) is 0 Å². The molecule has 0 atom stereocenters. The van der Waals surface area contributed by atoms with Gasteiger partial charge in [-0.1, -0.05) is 39.0 Å². The Morgan fingerprint density at radius 3 is 2.19 bits per heavy atom. The van der Waals surface area contributed by atoms with Crippen molar-refractivity contribution in [2.24, 2.45) is 5.41 Å². The van der Waals surface area contributed by atoms with Crippen LogP contribution in [0.1, 0.15) is 42.4 Å². The van der Waals surface area contributed by atoms with Gasteiger partial charge in [0.15, 0.2) is 11.5 Å². The Hall–Kier alpha value is -2.95. The maximum atomic E-state index is 13.2. The number of benzene rings is 2. The maximum Gasteiger partial charge on any atom is 0.297 e. The molecule has 0 saturated carbocycles. The van der Waals surface area contributed by atoms with Crippen molar-refractivity contribution in [3.05, 3.63) is 69.4 Å². The van der Waals surface area contributed by atoms with Gasteiger partial charge in [0.05, 0.1) is 9.99 Å². The van der Waals surface area contributed by atoms with Crippen molar-refractivity contribution in [1.29, 1.82) is 0 Å². The normalized spacial score (nSPS) is 11.7. The van der Waals surface area contributed by atoms with Crippen LogP contribution < -0.4 is 4.43 Å². The van der Waals surface area contributed by atoms with Crippen molar-refractivity contribution >= 4 is 16.8 Å². The number of aryl methyl sites for hydroxylation is 2. The second kappa shape index (κ2) is 6.09. The van der Waals surface area contributed by atoms with Gasteiger partial charge in [-0.05, 0) is 43.2 Å². The van der Waals surface area contributed by atoms with Crippen LogP contribution in [0.2, 0.25) is 0 Å². The molecule has 0 bridgehead atoms. The van der Waals surface area contributed by atoms with E-state index in [4.69, 9.17) is 0 Å². The number of hydrogen-bond donors (Lipinski definition) is 0. The minimum atomic E-state index is -0.796. The summed E-state index contributed by atoms with van der Waals surface area (Å²) >= 11 is 0. The molecule has 2 aromatic carbocycles. The van der Waals surface area contributed by atoms with Crippen molar-refractivity contribution in [1.82, 2.24) is 4.73 Å². The minimum absolute atomic E-state index is 0.0938. The number of aromatic nitrogens is 2. The monoisotopic (exact) mass is 350 g/mol. The summed E-state index contributed by atoms with van der Waals surface area (Å²) in [6.07, 6.45) is 0. The number of fused-ring (bicyclic) bond motifs is 1. The lowest BCUT2D eigenvalue weighted by Crippen LogP contribution is -2.32. The topological polar surface area (TPSA) is 68.0 Å². The van der Waals surface area contributed by atoms with Crippen molar-refractivity contribution in [2.45, 2.75) is 34.6 Å². The summed E-state index contributed by atoms with van der Waals surface area (Å²) in [4.78, 5) is 26.3. The van der Waals surface area contributed by atoms with E-state index in [0.29, 0.717) is 14.7 Å². The quantitative estimate of drug-likeness (QED) is 0.508. The van der Waals surface area contributed by atoms with E-state index in [1.54, 1.807) is 57.2 Å². The van der Waals surface area contributed by atoms with Gasteiger partial charge in [-0.25, -0.2) is 0 Å². The van der Waals surface area contributed by atoms with Gasteiger partial charge in [-0.2, -0.15) is 0 Å². The van der Waals surface area contributed by atoms with E-state index in [1.165, 1.54) is 0 Å². The van der Waals surface area contributed by atoms with Crippen LogP contribution in [0.3, 0.4) is 0 Å². The van der Waals surface area contributed by atoms with Crippen LogP contribution in [-0.4, -0.2) is 10.5 Å². The molecule has 0 unspecified atom stereocenters.